The molecule has 0 saturated carbocycles. The molecule has 0 unspecified atom stereocenters. The van der Waals surface area contributed by atoms with Crippen LogP contribution in [0.4, 0.5) is 0 Å². The molecular weight excluding hydrogens is 294 g/mol. The SMILES string of the molecule is COCCN(CC(C)C)C(=O)Cn1ncc(=O)c2ccccc21. The van der Waals surface area contributed by atoms with E-state index in [1.165, 1.54) is 6.20 Å². The van der Waals surface area contributed by atoms with Crippen molar-refractivity contribution in [1.29, 1.82) is 0 Å². The van der Waals surface area contributed by atoms with Gasteiger partial charge in [-0.25, -0.2) is 0 Å². The molecule has 0 radical (unpaired) electrons. The van der Waals surface area contributed by atoms with Crippen LogP contribution in [0.15, 0.2) is 35.3 Å². The molecule has 0 saturated heterocycles. The monoisotopic (exact) mass is 317 g/mol. The number of carbonyl (C=O) groups is 1. The Labute approximate surface area is 135 Å². The third-order valence-corrected chi connectivity index (χ3v) is 3.55. The summed E-state index contributed by atoms with van der Waals surface area (Å²) in [5, 5.41) is 4.69. The molecule has 1 heterocycles. The standard InChI is InChI=1S/C17H23N3O3/c1-13(2)11-19(8-9-23-3)17(22)12-20-15-7-5-4-6-14(15)16(21)10-18-20/h4-7,10,13H,8-9,11-12H2,1-3H3. The lowest BCUT2D eigenvalue weighted by atomic mass is 10.2. The highest BCUT2D eigenvalue weighted by Crippen LogP contribution is 2.09. The van der Waals surface area contributed by atoms with Crippen molar-refractivity contribution < 1.29 is 9.53 Å². The van der Waals surface area contributed by atoms with Crippen LogP contribution in [0.3, 0.4) is 0 Å². The van der Waals surface area contributed by atoms with Crippen molar-refractivity contribution >= 4 is 16.8 Å². The Morgan fingerprint density at radius 1 is 1.35 bits per heavy atom. The summed E-state index contributed by atoms with van der Waals surface area (Å²) in [4.78, 5) is 26.2. The number of ether oxygens (including phenoxy) is 1. The van der Waals surface area contributed by atoms with Gasteiger partial charge in [-0.2, -0.15) is 5.10 Å². The molecule has 1 amide bonds. The molecule has 1 aromatic heterocycles. The molecule has 23 heavy (non-hydrogen) atoms. The molecule has 0 aliphatic carbocycles. The summed E-state index contributed by atoms with van der Waals surface area (Å²) in [5.41, 5.74) is 0.535. The number of hydrogen-bond donors (Lipinski definition) is 0. The van der Waals surface area contributed by atoms with Crippen LogP contribution in [0.5, 0.6) is 0 Å². The molecule has 0 aliphatic heterocycles. The Morgan fingerprint density at radius 3 is 2.78 bits per heavy atom. The van der Waals surface area contributed by atoms with E-state index in [1.807, 2.05) is 6.07 Å². The third kappa shape index (κ3) is 4.39. The zero-order valence-electron chi connectivity index (χ0n) is 13.9. The van der Waals surface area contributed by atoms with Crippen LogP contribution in [0.1, 0.15) is 13.8 Å². The van der Waals surface area contributed by atoms with E-state index in [2.05, 4.69) is 18.9 Å². The fourth-order valence-corrected chi connectivity index (χ4v) is 2.48. The molecule has 0 fully saturated rings. The first-order valence-corrected chi connectivity index (χ1v) is 7.74. The van der Waals surface area contributed by atoms with E-state index in [4.69, 9.17) is 4.74 Å². The third-order valence-electron chi connectivity index (χ3n) is 3.55. The summed E-state index contributed by atoms with van der Waals surface area (Å²) in [6.07, 6.45) is 1.26. The van der Waals surface area contributed by atoms with Crippen molar-refractivity contribution in [3.8, 4) is 0 Å². The van der Waals surface area contributed by atoms with E-state index in [1.54, 1.807) is 34.9 Å². The van der Waals surface area contributed by atoms with Crippen molar-refractivity contribution in [3.63, 3.8) is 0 Å². The summed E-state index contributed by atoms with van der Waals surface area (Å²) >= 11 is 0. The molecular formula is C17H23N3O3. The highest BCUT2D eigenvalue weighted by molar-refractivity contribution is 5.81. The summed E-state index contributed by atoms with van der Waals surface area (Å²) in [6.45, 7) is 5.96. The fourth-order valence-electron chi connectivity index (χ4n) is 2.48. The lowest BCUT2D eigenvalue weighted by Gasteiger charge is -2.24. The molecule has 0 atom stereocenters. The molecule has 6 nitrogen and oxygen atoms in total. The number of rotatable bonds is 7. The first kappa shape index (κ1) is 17.1. The first-order valence-electron chi connectivity index (χ1n) is 7.74. The lowest BCUT2D eigenvalue weighted by molar-refractivity contribution is -0.133. The van der Waals surface area contributed by atoms with E-state index >= 15 is 0 Å². The van der Waals surface area contributed by atoms with Crippen LogP contribution >= 0.6 is 0 Å². The van der Waals surface area contributed by atoms with Gasteiger partial charge in [-0.3, -0.25) is 14.3 Å². The number of fused-ring (bicyclic) bond motifs is 1. The Balaban J connectivity index is 2.24. The number of benzene rings is 1. The quantitative estimate of drug-likeness (QED) is 0.777. The van der Waals surface area contributed by atoms with E-state index in [0.29, 0.717) is 36.5 Å². The number of hydrogen-bond acceptors (Lipinski definition) is 4. The Bertz CT molecular complexity index is 724. The molecule has 6 heteroatoms. The average Bonchev–Trinajstić information content (AvgIpc) is 2.54. The van der Waals surface area contributed by atoms with Gasteiger partial charge in [0.25, 0.3) is 0 Å². The predicted octanol–water partition coefficient (Wildman–Crippen LogP) is 1.53. The van der Waals surface area contributed by atoms with Gasteiger partial charge in [0.1, 0.15) is 6.54 Å². The molecule has 2 rings (SSSR count). The molecule has 1 aromatic carbocycles. The Morgan fingerprint density at radius 2 is 2.09 bits per heavy atom. The molecule has 124 valence electrons. The number of methoxy groups -OCH3 is 1. The molecule has 0 bridgehead atoms. The predicted molar refractivity (Wildman–Crippen MR) is 89.3 cm³/mol. The number of aromatic nitrogens is 2. The normalized spacial score (nSPS) is 11.1. The van der Waals surface area contributed by atoms with Gasteiger partial charge in [0.05, 0.1) is 18.3 Å². The largest absolute Gasteiger partial charge is 0.383 e. The number of nitrogens with zero attached hydrogens (tertiary/aromatic N) is 3. The number of amides is 1. The second-order valence-electron chi connectivity index (χ2n) is 5.91. The topological polar surface area (TPSA) is 64.4 Å². The lowest BCUT2D eigenvalue weighted by Crippen LogP contribution is -2.39. The van der Waals surface area contributed by atoms with Crippen molar-refractivity contribution in [3.05, 3.63) is 40.7 Å². The maximum Gasteiger partial charge on any atom is 0.244 e. The fraction of sp³-hybridized carbons (Fsp3) is 0.471. The maximum atomic E-state index is 12.6. The smallest absolute Gasteiger partial charge is 0.244 e. The highest BCUT2D eigenvalue weighted by atomic mass is 16.5. The summed E-state index contributed by atoms with van der Waals surface area (Å²) in [5.74, 6) is 0.339. The van der Waals surface area contributed by atoms with Gasteiger partial charge in [-0.15, -0.1) is 0 Å². The number of para-hydroxylation sites is 1. The second-order valence-corrected chi connectivity index (χ2v) is 5.91. The van der Waals surface area contributed by atoms with Crippen LogP contribution < -0.4 is 5.43 Å². The molecule has 0 aliphatic rings. The van der Waals surface area contributed by atoms with Gasteiger partial charge >= 0.3 is 0 Å². The van der Waals surface area contributed by atoms with E-state index in [0.717, 1.165) is 0 Å². The summed E-state index contributed by atoms with van der Waals surface area (Å²) < 4.78 is 6.67. The minimum Gasteiger partial charge on any atom is -0.383 e. The van der Waals surface area contributed by atoms with E-state index < -0.39 is 0 Å². The average molecular weight is 317 g/mol. The van der Waals surface area contributed by atoms with Crippen molar-refractivity contribution in [2.45, 2.75) is 20.4 Å². The van der Waals surface area contributed by atoms with Crippen LogP contribution in [0, 0.1) is 5.92 Å². The van der Waals surface area contributed by atoms with Crippen LogP contribution in [0.2, 0.25) is 0 Å². The van der Waals surface area contributed by atoms with E-state index in [-0.39, 0.29) is 17.9 Å². The van der Waals surface area contributed by atoms with Crippen molar-refractivity contribution in [2.24, 2.45) is 5.92 Å². The van der Waals surface area contributed by atoms with Gasteiger partial charge in [-0.1, -0.05) is 26.0 Å². The van der Waals surface area contributed by atoms with Gasteiger partial charge < -0.3 is 9.64 Å². The molecule has 2 aromatic rings. The molecule has 0 N–H and O–H groups in total. The van der Waals surface area contributed by atoms with Crippen LogP contribution in [-0.4, -0.2) is 47.4 Å². The molecule has 0 spiro atoms. The maximum absolute atomic E-state index is 12.6. The van der Waals surface area contributed by atoms with Crippen molar-refractivity contribution in [1.82, 2.24) is 14.7 Å². The summed E-state index contributed by atoms with van der Waals surface area (Å²) in [6, 6.07) is 7.19. The summed E-state index contributed by atoms with van der Waals surface area (Å²) in [7, 11) is 1.62. The van der Waals surface area contributed by atoms with Crippen LogP contribution in [-0.2, 0) is 16.1 Å². The first-order chi connectivity index (χ1) is 11.0. The Kier molecular flexibility index (Phi) is 5.87. The second kappa shape index (κ2) is 7.87. The zero-order chi connectivity index (χ0) is 16.8. The minimum absolute atomic E-state index is 0.0305. The Hall–Kier alpha value is -2.21. The van der Waals surface area contributed by atoms with Crippen LogP contribution in [0.25, 0.3) is 10.9 Å². The number of carbonyl (C=O) groups excluding carboxylic acids is 1. The van der Waals surface area contributed by atoms with Crippen molar-refractivity contribution in [2.75, 3.05) is 26.8 Å². The van der Waals surface area contributed by atoms with Gasteiger partial charge in [0, 0.05) is 25.6 Å². The minimum atomic E-state index is -0.136. The van der Waals surface area contributed by atoms with Gasteiger partial charge in [0.15, 0.2) is 0 Å². The highest BCUT2D eigenvalue weighted by Gasteiger charge is 2.16. The van der Waals surface area contributed by atoms with E-state index in [9.17, 15) is 9.59 Å². The van der Waals surface area contributed by atoms with Gasteiger partial charge in [-0.05, 0) is 18.1 Å². The zero-order valence-corrected chi connectivity index (χ0v) is 13.9. The van der Waals surface area contributed by atoms with Gasteiger partial charge in [0.2, 0.25) is 11.3 Å².